The molecule has 0 aromatic rings. The summed E-state index contributed by atoms with van der Waals surface area (Å²) in [4.78, 5) is 0. The summed E-state index contributed by atoms with van der Waals surface area (Å²) in [6.45, 7) is -2.23. The van der Waals surface area contributed by atoms with E-state index >= 15 is 0 Å². The normalized spacial score (nSPS) is 13.8. The molecule has 0 saturated carbocycles. The summed E-state index contributed by atoms with van der Waals surface area (Å²) in [6.07, 6.45) is -1.19. The van der Waals surface area contributed by atoms with Gasteiger partial charge in [-0.25, -0.2) is 8.42 Å². The second-order valence-electron chi connectivity index (χ2n) is 2.91. The Morgan fingerprint density at radius 1 is 1.25 bits per heavy atom. The first-order valence-corrected chi connectivity index (χ1v) is 5.29. The van der Waals surface area contributed by atoms with Gasteiger partial charge in [0.2, 0.25) is 0 Å². The molecule has 0 aromatic carbocycles. The van der Waals surface area contributed by atoms with Crippen LogP contribution in [0, 0.1) is 0 Å². The molecule has 0 amide bonds. The molecule has 0 aromatic heterocycles. The largest absolute Gasteiger partial charge is 0.479 e. The van der Waals surface area contributed by atoms with Crippen LogP contribution in [0.5, 0.6) is 0 Å². The van der Waals surface area contributed by atoms with Gasteiger partial charge in [0.05, 0.1) is 5.25 Å². The summed E-state index contributed by atoms with van der Waals surface area (Å²) in [7, 11) is -3.54. The lowest BCUT2D eigenvalue weighted by atomic mass is 9.88. The molecule has 0 aliphatic rings. The molecule has 12 heavy (non-hydrogen) atoms. The van der Waals surface area contributed by atoms with Crippen molar-refractivity contribution in [1.82, 2.24) is 0 Å². The van der Waals surface area contributed by atoms with Crippen LogP contribution in [0.15, 0.2) is 0 Å². The topological polar surface area (TPSA) is 34.1 Å². The monoisotopic (exact) mass is 203 g/mol. The van der Waals surface area contributed by atoms with Gasteiger partial charge in [0.1, 0.15) is 9.84 Å². The Labute approximate surface area is 70.1 Å². The maximum atomic E-state index is 11.6. The molecule has 0 radical (unpaired) electrons. The van der Waals surface area contributed by atoms with Gasteiger partial charge in [-0.05, 0) is 13.8 Å². The van der Waals surface area contributed by atoms with Gasteiger partial charge in [-0.3, -0.25) is 0 Å². The predicted octanol–water partition coefficient (Wildman–Crippen LogP) is 1.66. The Balaban J connectivity index is 4.12. The summed E-state index contributed by atoms with van der Waals surface area (Å²) >= 11 is 0. The molecular weight excluding hydrogens is 192 g/mol. The number of hydrogen-bond donors (Lipinski definition) is 0. The van der Waals surface area contributed by atoms with Gasteiger partial charge in [-0.2, -0.15) is 0 Å². The van der Waals surface area contributed by atoms with Gasteiger partial charge in [0, 0.05) is 5.75 Å². The van der Waals surface area contributed by atoms with Crippen molar-refractivity contribution in [3.63, 3.8) is 0 Å². The van der Waals surface area contributed by atoms with E-state index in [4.69, 9.17) is 0 Å². The summed E-state index contributed by atoms with van der Waals surface area (Å²) in [6, 6.07) is 0. The molecule has 0 spiro atoms. The van der Waals surface area contributed by atoms with Gasteiger partial charge in [-0.1, -0.05) is 6.32 Å². The van der Waals surface area contributed by atoms with Crippen LogP contribution in [-0.2, 0) is 9.84 Å². The predicted molar refractivity (Wildman–Crippen MR) is 42.8 cm³/mol. The minimum atomic E-state index is -4.97. The number of hydrogen-bond acceptors (Lipinski definition) is 2. The summed E-state index contributed by atoms with van der Waals surface area (Å²) in [5, 5.41) is -0.726. The van der Waals surface area contributed by atoms with E-state index in [1.807, 2.05) is 0 Å². The SMILES string of the molecule is CC(C)S(=O)(=O)CC[B-](F)(F)F. The van der Waals surface area contributed by atoms with Crippen LogP contribution in [0.25, 0.3) is 0 Å². The quantitative estimate of drug-likeness (QED) is 0.651. The van der Waals surface area contributed by atoms with E-state index in [1.165, 1.54) is 13.8 Å². The molecule has 0 aliphatic heterocycles. The average molecular weight is 203 g/mol. The van der Waals surface area contributed by atoms with Crippen LogP contribution in [0.2, 0.25) is 6.32 Å². The Morgan fingerprint density at radius 3 is 1.92 bits per heavy atom. The van der Waals surface area contributed by atoms with Crippen LogP contribution in [0.4, 0.5) is 12.9 Å². The van der Waals surface area contributed by atoms with Crippen LogP contribution in [0.1, 0.15) is 13.8 Å². The first kappa shape index (κ1) is 11.8. The second-order valence-corrected chi connectivity index (χ2v) is 5.59. The van der Waals surface area contributed by atoms with E-state index in [9.17, 15) is 21.4 Å². The molecule has 0 rings (SSSR count). The van der Waals surface area contributed by atoms with Crippen molar-refractivity contribution in [3.8, 4) is 0 Å². The molecule has 2 nitrogen and oxygen atoms in total. The third-order valence-electron chi connectivity index (χ3n) is 1.45. The fraction of sp³-hybridized carbons (Fsp3) is 1.00. The number of halogens is 3. The Morgan fingerprint density at radius 2 is 1.67 bits per heavy atom. The van der Waals surface area contributed by atoms with Crippen LogP contribution >= 0.6 is 0 Å². The number of rotatable bonds is 4. The molecule has 7 heteroatoms. The standard InChI is InChI=1S/C5H11BF3O2S/c1-5(2)12(10,11)4-3-6(7,8)9/h5H,3-4H2,1-2H3/q-1. The first-order chi connectivity index (χ1) is 5.15. The van der Waals surface area contributed by atoms with Crippen LogP contribution < -0.4 is 0 Å². The third-order valence-corrected chi connectivity index (χ3v) is 3.69. The number of sulfone groups is 1. The molecule has 0 aliphatic carbocycles. The van der Waals surface area contributed by atoms with Crippen molar-refractivity contribution >= 4 is 16.8 Å². The van der Waals surface area contributed by atoms with E-state index in [0.29, 0.717) is 0 Å². The van der Waals surface area contributed by atoms with Crippen molar-refractivity contribution in [2.45, 2.75) is 25.4 Å². The lowest BCUT2D eigenvalue weighted by Gasteiger charge is -2.14. The zero-order valence-corrected chi connectivity index (χ0v) is 7.74. The zero-order chi connectivity index (χ0) is 9.99. The van der Waals surface area contributed by atoms with Crippen molar-refractivity contribution < 1.29 is 21.4 Å². The van der Waals surface area contributed by atoms with E-state index in [0.717, 1.165) is 0 Å². The molecule has 0 saturated heterocycles. The Kier molecular flexibility index (Phi) is 3.62. The molecule has 74 valence electrons. The minimum absolute atomic E-state index is 0.726. The molecule has 0 fully saturated rings. The third kappa shape index (κ3) is 4.64. The highest BCUT2D eigenvalue weighted by molar-refractivity contribution is 7.92. The van der Waals surface area contributed by atoms with E-state index in [1.54, 1.807) is 0 Å². The average Bonchev–Trinajstić information content (AvgIpc) is 1.82. The molecule has 0 heterocycles. The van der Waals surface area contributed by atoms with Gasteiger partial charge >= 0.3 is 6.98 Å². The molecule has 0 atom stereocenters. The summed E-state index contributed by atoms with van der Waals surface area (Å²) in [5.74, 6) is -0.784. The Hall–Kier alpha value is -0.195. The fourth-order valence-electron chi connectivity index (χ4n) is 0.534. The van der Waals surface area contributed by atoms with Gasteiger partial charge < -0.3 is 12.9 Å². The lowest BCUT2D eigenvalue weighted by Crippen LogP contribution is -2.24. The first-order valence-electron chi connectivity index (χ1n) is 3.58. The Bertz CT molecular complexity index is 232. The van der Waals surface area contributed by atoms with E-state index in [-0.39, 0.29) is 0 Å². The molecule has 0 bridgehead atoms. The van der Waals surface area contributed by atoms with E-state index < -0.39 is 34.1 Å². The fourth-order valence-corrected chi connectivity index (χ4v) is 1.60. The lowest BCUT2D eigenvalue weighted by molar-refractivity contribution is 0.471. The van der Waals surface area contributed by atoms with Gasteiger partial charge in [0.25, 0.3) is 0 Å². The van der Waals surface area contributed by atoms with E-state index in [2.05, 4.69) is 0 Å². The molecular formula is C5H11BF3O2S-. The van der Waals surface area contributed by atoms with Gasteiger partial charge in [-0.15, -0.1) is 0 Å². The van der Waals surface area contributed by atoms with Crippen molar-refractivity contribution in [2.75, 3.05) is 5.75 Å². The van der Waals surface area contributed by atoms with Crippen LogP contribution in [-0.4, -0.2) is 26.4 Å². The van der Waals surface area contributed by atoms with Crippen molar-refractivity contribution in [2.24, 2.45) is 0 Å². The minimum Gasteiger partial charge on any atom is -0.449 e. The van der Waals surface area contributed by atoms with Crippen molar-refractivity contribution in [3.05, 3.63) is 0 Å². The highest BCUT2D eigenvalue weighted by Gasteiger charge is 2.26. The zero-order valence-electron chi connectivity index (χ0n) is 6.93. The summed E-state index contributed by atoms with van der Waals surface area (Å²) < 4.78 is 56.7. The smallest absolute Gasteiger partial charge is 0.449 e. The molecule has 0 N–H and O–H groups in total. The molecule has 0 unspecified atom stereocenters. The second kappa shape index (κ2) is 3.68. The maximum Gasteiger partial charge on any atom is 0.479 e. The van der Waals surface area contributed by atoms with Gasteiger partial charge in [0.15, 0.2) is 0 Å². The highest BCUT2D eigenvalue weighted by atomic mass is 32.2. The maximum absolute atomic E-state index is 11.6. The van der Waals surface area contributed by atoms with Crippen molar-refractivity contribution in [1.29, 1.82) is 0 Å². The highest BCUT2D eigenvalue weighted by Crippen LogP contribution is 2.17. The van der Waals surface area contributed by atoms with Crippen LogP contribution in [0.3, 0.4) is 0 Å². The summed E-state index contributed by atoms with van der Waals surface area (Å²) in [5.41, 5.74) is 0.